The van der Waals surface area contributed by atoms with E-state index in [1.54, 1.807) is 0 Å². The van der Waals surface area contributed by atoms with Crippen LogP contribution in [0.2, 0.25) is 0 Å². The van der Waals surface area contributed by atoms with E-state index in [0.717, 1.165) is 25.7 Å². The summed E-state index contributed by atoms with van der Waals surface area (Å²) in [4.78, 5) is 0. The Morgan fingerprint density at radius 2 is 2.06 bits per heavy atom. The highest BCUT2D eigenvalue weighted by atomic mass is 32.2. The first-order valence-electron chi connectivity index (χ1n) is 6.83. The van der Waals surface area contributed by atoms with Gasteiger partial charge in [0, 0.05) is 17.9 Å². The quantitative estimate of drug-likeness (QED) is 0.802. The standard InChI is InChI=1S/C13H25NOS/c1-2-14-12-7-8-15-9-13(12)16-10-11-5-3-4-6-11/h11-14H,2-10H2,1H3. The van der Waals surface area contributed by atoms with Gasteiger partial charge in [-0.25, -0.2) is 0 Å². The Bertz CT molecular complexity index is 192. The minimum absolute atomic E-state index is 0.685. The molecule has 94 valence electrons. The van der Waals surface area contributed by atoms with E-state index >= 15 is 0 Å². The Kier molecular flexibility index (Phi) is 5.46. The molecule has 0 aromatic carbocycles. The predicted octanol–water partition coefficient (Wildman–Crippen LogP) is 2.68. The van der Waals surface area contributed by atoms with Crippen molar-refractivity contribution in [3.8, 4) is 0 Å². The second kappa shape index (κ2) is 6.87. The number of hydrogen-bond donors (Lipinski definition) is 1. The fraction of sp³-hybridized carbons (Fsp3) is 1.00. The van der Waals surface area contributed by atoms with Crippen molar-refractivity contribution < 1.29 is 4.74 Å². The molecule has 1 saturated carbocycles. The Labute approximate surface area is 104 Å². The van der Waals surface area contributed by atoms with E-state index in [1.807, 2.05) is 0 Å². The first-order chi connectivity index (χ1) is 7.90. The summed E-state index contributed by atoms with van der Waals surface area (Å²) in [7, 11) is 0. The second-order valence-electron chi connectivity index (χ2n) is 5.05. The fourth-order valence-electron chi connectivity index (χ4n) is 2.81. The third-order valence-corrected chi connectivity index (χ3v) is 5.35. The summed E-state index contributed by atoms with van der Waals surface area (Å²) in [6.07, 6.45) is 7.04. The molecule has 1 heterocycles. The van der Waals surface area contributed by atoms with Crippen LogP contribution in [0.3, 0.4) is 0 Å². The highest BCUT2D eigenvalue weighted by Gasteiger charge is 2.26. The molecule has 2 unspecified atom stereocenters. The molecule has 2 aliphatic rings. The van der Waals surface area contributed by atoms with Gasteiger partial charge in [-0.2, -0.15) is 11.8 Å². The largest absolute Gasteiger partial charge is 0.380 e. The summed E-state index contributed by atoms with van der Waals surface area (Å²) in [5, 5.41) is 4.30. The van der Waals surface area contributed by atoms with Crippen molar-refractivity contribution in [2.75, 3.05) is 25.5 Å². The molecule has 0 bridgehead atoms. The predicted molar refractivity (Wildman–Crippen MR) is 71.1 cm³/mol. The van der Waals surface area contributed by atoms with Crippen LogP contribution >= 0.6 is 11.8 Å². The van der Waals surface area contributed by atoms with Crippen LogP contribution in [0.4, 0.5) is 0 Å². The lowest BCUT2D eigenvalue weighted by molar-refractivity contribution is 0.0836. The molecular formula is C13H25NOS. The lowest BCUT2D eigenvalue weighted by Crippen LogP contribution is -2.45. The van der Waals surface area contributed by atoms with Gasteiger partial charge in [0.1, 0.15) is 0 Å². The summed E-state index contributed by atoms with van der Waals surface area (Å²) in [5.41, 5.74) is 0. The van der Waals surface area contributed by atoms with E-state index in [-0.39, 0.29) is 0 Å². The lowest BCUT2D eigenvalue weighted by atomic mass is 10.1. The normalized spacial score (nSPS) is 32.1. The maximum Gasteiger partial charge on any atom is 0.0600 e. The van der Waals surface area contributed by atoms with Crippen molar-refractivity contribution in [3.05, 3.63) is 0 Å². The lowest BCUT2D eigenvalue weighted by Gasteiger charge is -2.32. The van der Waals surface area contributed by atoms with Crippen LogP contribution in [0.1, 0.15) is 39.0 Å². The third-order valence-electron chi connectivity index (χ3n) is 3.79. The number of ether oxygens (including phenoxy) is 1. The maximum absolute atomic E-state index is 5.61. The van der Waals surface area contributed by atoms with E-state index < -0.39 is 0 Å². The molecule has 0 aromatic rings. The van der Waals surface area contributed by atoms with Gasteiger partial charge in [-0.3, -0.25) is 0 Å². The van der Waals surface area contributed by atoms with Crippen LogP contribution in [0.25, 0.3) is 0 Å². The summed E-state index contributed by atoms with van der Waals surface area (Å²) in [5.74, 6) is 2.35. The first kappa shape index (κ1) is 12.7. The Morgan fingerprint density at radius 3 is 2.81 bits per heavy atom. The molecule has 3 heteroatoms. The van der Waals surface area contributed by atoms with E-state index in [1.165, 1.54) is 37.9 Å². The number of thioether (sulfide) groups is 1. The van der Waals surface area contributed by atoms with Crippen LogP contribution in [0, 0.1) is 5.92 Å². The second-order valence-corrected chi connectivity index (χ2v) is 6.32. The molecule has 0 aromatic heterocycles. The van der Waals surface area contributed by atoms with Gasteiger partial charge in [0.05, 0.1) is 6.61 Å². The van der Waals surface area contributed by atoms with Gasteiger partial charge in [-0.05, 0) is 37.5 Å². The molecular weight excluding hydrogens is 218 g/mol. The van der Waals surface area contributed by atoms with E-state index in [0.29, 0.717) is 11.3 Å². The molecule has 0 amide bonds. The minimum atomic E-state index is 0.685. The van der Waals surface area contributed by atoms with Gasteiger partial charge in [0.2, 0.25) is 0 Å². The van der Waals surface area contributed by atoms with Crippen molar-refractivity contribution in [1.82, 2.24) is 5.32 Å². The number of nitrogens with one attached hydrogen (secondary N) is 1. The molecule has 1 saturated heterocycles. The molecule has 2 atom stereocenters. The van der Waals surface area contributed by atoms with E-state index in [4.69, 9.17) is 4.74 Å². The molecule has 16 heavy (non-hydrogen) atoms. The summed E-state index contributed by atoms with van der Waals surface area (Å²) in [6, 6.07) is 0.685. The van der Waals surface area contributed by atoms with E-state index in [2.05, 4.69) is 24.0 Å². The van der Waals surface area contributed by atoms with E-state index in [9.17, 15) is 0 Å². The van der Waals surface area contributed by atoms with Crippen LogP contribution in [-0.4, -0.2) is 36.8 Å². The minimum Gasteiger partial charge on any atom is -0.380 e. The van der Waals surface area contributed by atoms with Gasteiger partial charge in [-0.15, -0.1) is 0 Å². The Morgan fingerprint density at radius 1 is 1.25 bits per heavy atom. The van der Waals surface area contributed by atoms with Gasteiger partial charge >= 0.3 is 0 Å². The Balaban J connectivity index is 1.72. The van der Waals surface area contributed by atoms with Crippen LogP contribution in [-0.2, 0) is 4.74 Å². The zero-order valence-electron chi connectivity index (χ0n) is 10.4. The average Bonchev–Trinajstić information content (AvgIpc) is 2.81. The molecule has 0 radical (unpaired) electrons. The highest BCUT2D eigenvalue weighted by molar-refractivity contribution is 8.00. The van der Waals surface area contributed by atoms with Crippen molar-refractivity contribution in [1.29, 1.82) is 0 Å². The zero-order valence-corrected chi connectivity index (χ0v) is 11.2. The summed E-state index contributed by atoms with van der Waals surface area (Å²) >= 11 is 2.16. The molecule has 2 rings (SSSR count). The maximum atomic E-state index is 5.61. The van der Waals surface area contributed by atoms with Crippen LogP contribution < -0.4 is 5.32 Å². The van der Waals surface area contributed by atoms with Gasteiger partial charge in [-0.1, -0.05) is 19.8 Å². The zero-order chi connectivity index (χ0) is 11.2. The number of rotatable bonds is 5. The van der Waals surface area contributed by atoms with Gasteiger partial charge < -0.3 is 10.1 Å². The highest BCUT2D eigenvalue weighted by Crippen LogP contribution is 2.31. The van der Waals surface area contributed by atoms with Gasteiger partial charge in [0.15, 0.2) is 0 Å². The molecule has 1 aliphatic heterocycles. The molecule has 1 N–H and O–H groups in total. The van der Waals surface area contributed by atoms with Gasteiger partial charge in [0.25, 0.3) is 0 Å². The molecule has 2 nitrogen and oxygen atoms in total. The fourth-order valence-corrected chi connectivity index (χ4v) is 4.32. The average molecular weight is 243 g/mol. The van der Waals surface area contributed by atoms with Crippen LogP contribution in [0.15, 0.2) is 0 Å². The number of hydrogen-bond acceptors (Lipinski definition) is 3. The van der Waals surface area contributed by atoms with Crippen LogP contribution in [0.5, 0.6) is 0 Å². The van der Waals surface area contributed by atoms with Crippen molar-refractivity contribution in [3.63, 3.8) is 0 Å². The first-order valence-corrected chi connectivity index (χ1v) is 7.87. The van der Waals surface area contributed by atoms with Crippen molar-refractivity contribution in [2.45, 2.75) is 50.3 Å². The van der Waals surface area contributed by atoms with Crippen molar-refractivity contribution >= 4 is 11.8 Å². The summed E-state index contributed by atoms with van der Waals surface area (Å²) in [6.45, 7) is 5.19. The topological polar surface area (TPSA) is 21.3 Å². The SMILES string of the molecule is CCNC1CCOCC1SCC1CCCC1. The molecule has 2 fully saturated rings. The molecule has 1 aliphatic carbocycles. The Hall–Kier alpha value is 0.270. The molecule has 0 spiro atoms. The monoisotopic (exact) mass is 243 g/mol. The summed E-state index contributed by atoms with van der Waals surface area (Å²) < 4.78 is 5.61. The van der Waals surface area contributed by atoms with Crippen molar-refractivity contribution in [2.24, 2.45) is 5.92 Å². The third kappa shape index (κ3) is 3.64. The smallest absolute Gasteiger partial charge is 0.0600 e.